The van der Waals surface area contributed by atoms with Crippen molar-refractivity contribution in [1.82, 2.24) is 4.98 Å². The predicted molar refractivity (Wildman–Crippen MR) is 45.1 cm³/mol. The van der Waals surface area contributed by atoms with Gasteiger partial charge < -0.3 is 10.1 Å². The van der Waals surface area contributed by atoms with Crippen molar-refractivity contribution in [1.29, 1.82) is 0 Å². The van der Waals surface area contributed by atoms with E-state index in [0.29, 0.717) is 5.82 Å². The first kappa shape index (κ1) is 9.44. The fourth-order valence-electron chi connectivity index (χ4n) is 0.904. The highest BCUT2D eigenvalue weighted by Crippen LogP contribution is 2.13. The Morgan fingerprint density at radius 3 is 2.92 bits per heavy atom. The number of nitrogens with zero attached hydrogens (tertiary/aromatic N) is 1. The van der Waals surface area contributed by atoms with E-state index in [1.54, 1.807) is 7.05 Å². The number of anilines is 1. The third-order valence-corrected chi connectivity index (χ3v) is 1.50. The first-order valence-electron chi connectivity index (χ1n) is 3.60. The van der Waals surface area contributed by atoms with Gasteiger partial charge in [-0.15, -0.1) is 0 Å². The standard InChI is InChI=1S/C8H9FN2O2/c1-10-7-6(8(12)13-2)3-5(9)4-11-7/h3-4H,1-2H3,(H,10,11). The highest BCUT2D eigenvalue weighted by Gasteiger charge is 2.12. The molecule has 1 N–H and O–H groups in total. The molecular weight excluding hydrogens is 175 g/mol. The average Bonchev–Trinajstić information content (AvgIpc) is 2.16. The number of carbonyl (C=O) groups is 1. The Hall–Kier alpha value is -1.65. The summed E-state index contributed by atoms with van der Waals surface area (Å²) in [6, 6.07) is 1.07. The minimum absolute atomic E-state index is 0.0880. The van der Waals surface area contributed by atoms with E-state index in [1.807, 2.05) is 0 Å². The number of hydrogen-bond donors (Lipinski definition) is 1. The lowest BCUT2D eigenvalue weighted by molar-refractivity contribution is 0.0601. The van der Waals surface area contributed by atoms with Gasteiger partial charge in [0.2, 0.25) is 0 Å². The van der Waals surface area contributed by atoms with Gasteiger partial charge in [0.25, 0.3) is 0 Å². The zero-order valence-corrected chi connectivity index (χ0v) is 7.30. The lowest BCUT2D eigenvalue weighted by atomic mass is 10.2. The van der Waals surface area contributed by atoms with Crippen molar-refractivity contribution in [3.8, 4) is 0 Å². The molecule has 0 spiro atoms. The number of methoxy groups -OCH3 is 1. The molecule has 0 aliphatic carbocycles. The molecule has 0 bridgehead atoms. The van der Waals surface area contributed by atoms with Gasteiger partial charge in [-0.25, -0.2) is 14.2 Å². The maximum absolute atomic E-state index is 12.7. The third kappa shape index (κ3) is 1.93. The zero-order chi connectivity index (χ0) is 9.84. The molecule has 13 heavy (non-hydrogen) atoms. The van der Waals surface area contributed by atoms with E-state index in [9.17, 15) is 9.18 Å². The van der Waals surface area contributed by atoms with Crippen LogP contribution in [0.1, 0.15) is 10.4 Å². The topological polar surface area (TPSA) is 51.2 Å². The number of esters is 1. The van der Waals surface area contributed by atoms with E-state index in [4.69, 9.17) is 0 Å². The van der Waals surface area contributed by atoms with Crippen molar-refractivity contribution < 1.29 is 13.9 Å². The number of carbonyl (C=O) groups excluding carboxylic acids is 1. The second-order valence-corrected chi connectivity index (χ2v) is 2.29. The summed E-state index contributed by atoms with van der Waals surface area (Å²) in [5.41, 5.74) is 0.0880. The number of aromatic nitrogens is 1. The van der Waals surface area contributed by atoms with E-state index in [-0.39, 0.29) is 5.56 Å². The van der Waals surface area contributed by atoms with Crippen LogP contribution in [0.25, 0.3) is 0 Å². The van der Waals surface area contributed by atoms with Crippen LogP contribution in [0.4, 0.5) is 10.2 Å². The molecule has 70 valence electrons. The molecule has 0 saturated carbocycles. The molecule has 1 rings (SSSR count). The molecule has 0 aliphatic heterocycles. The quantitative estimate of drug-likeness (QED) is 0.698. The molecule has 5 heteroatoms. The minimum Gasteiger partial charge on any atom is -0.465 e. The van der Waals surface area contributed by atoms with E-state index in [1.165, 1.54) is 7.11 Å². The van der Waals surface area contributed by atoms with Crippen LogP contribution in [-0.2, 0) is 4.74 Å². The lowest BCUT2D eigenvalue weighted by Crippen LogP contribution is -2.07. The summed E-state index contributed by atoms with van der Waals surface area (Å²) in [6.45, 7) is 0. The van der Waals surface area contributed by atoms with Crippen LogP contribution in [0.5, 0.6) is 0 Å². The zero-order valence-electron chi connectivity index (χ0n) is 7.30. The second-order valence-electron chi connectivity index (χ2n) is 2.29. The highest BCUT2D eigenvalue weighted by molar-refractivity contribution is 5.94. The number of hydrogen-bond acceptors (Lipinski definition) is 4. The van der Waals surface area contributed by atoms with Crippen LogP contribution in [0.15, 0.2) is 12.3 Å². The molecule has 1 aromatic rings. The Bertz CT molecular complexity index is 328. The maximum Gasteiger partial charge on any atom is 0.341 e. The highest BCUT2D eigenvalue weighted by atomic mass is 19.1. The molecule has 0 aromatic carbocycles. The minimum atomic E-state index is -0.614. The second kappa shape index (κ2) is 3.84. The Balaban J connectivity index is 3.15. The first-order valence-corrected chi connectivity index (χ1v) is 3.60. The van der Waals surface area contributed by atoms with Crippen LogP contribution in [0.3, 0.4) is 0 Å². The molecule has 0 unspecified atom stereocenters. The summed E-state index contributed by atoms with van der Waals surface area (Å²) in [5, 5.41) is 2.66. The van der Waals surface area contributed by atoms with Gasteiger partial charge in [0.1, 0.15) is 17.2 Å². The van der Waals surface area contributed by atoms with E-state index in [2.05, 4.69) is 15.0 Å². The van der Waals surface area contributed by atoms with Gasteiger partial charge in [0, 0.05) is 7.05 Å². The van der Waals surface area contributed by atoms with Gasteiger partial charge in [-0.05, 0) is 6.07 Å². The van der Waals surface area contributed by atoms with Crippen molar-refractivity contribution in [3.05, 3.63) is 23.6 Å². The van der Waals surface area contributed by atoms with Crippen LogP contribution in [0.2, 0.25) is 0 Å². The molecule has 1 aromatic heterocycles. The maximum atomic E-state index is 12.7. The molecule has 1 heterocycles. The number of nitrogens with one attached hydrogen (secondary N) is 1. The Morgan fingerprint density at radius 1 is 1.69 bits per heavy atom. The van der Waals surface area contributed by atoms with Crippen LogP contribution >= 0.6 is 0 Å². The molecule has 0 atom stereocenters. The monoisotopic (exact) mass is 184 g/mol. The lowest BCUT2D eigenvalue weighted by Gasteiger charge is -2.05. The molecular formula is C8H9FN2O2. The number of pyridine rings is 1. The van der Waals surface area contributed by atoms with E-state index < -0.39 is 11.8 Å². The summed E-state index contributed by atoms with van der Waals surface area (Å²) in [5.74, 6) is -0.885. The summed E-state index contributed by atoms with van der Waals surface area (Å²) in [7, 11) is 2.82. The van der Waals surface area contributed by atoms with E-state index >= 15 is 0 Å². The number of rotatable bonds is 2. The number of ether oxygens (including phenoxy) is 1. The van der Waals surface area contributed by atoms with Gasteiger partial charge in [-0.3, -0.25) is 0 Å². The average molecular weight is 184 g/mol. The van der Waals surface area contributed by atoms with Crippen molar-refractivity contribution in [3.63, 3.8) is 0 Å². The Labute approximate surface area is 74.7 Å². The van der Waals surface area contributed by atoms with Crippen LogP contribution < -0.4 is 5.32 Å². The normalized spacial score (nSPS) is 9.46. The van der Waals surface area contributed by atoms with Crippen molar-refractivity contribution >= 4 is 11.8 Å². The summed E-state index contributed by atoms with van der Waals surface area (Å²) >= 11 is 0. The molecule has 4 nitrogen and oxygen atoms in total. The Morgan fingerprint density at radius 2 is 2.38 bits per heavy atom. The third-order valence-electron chi connectivity index (χ3n) is 1.50. The fraction of sp³-hybridized carbons (Fsp3) is 0.250. The van der Waals surface area contributed by atoms with Crippen molar-refractivity contribution in [2.24, 2.45) is 0 Å². The van der Waals surface area contributed by atoms with Crippen molar-refractivity contribution in [2.45, 2.75) is 0 Å². The van der Waals surface area contributed by atoms with E-state index in [0.717, 1.165) is 12.3 Å². The van der Waals surface area contributed by atoms with Gasteiger partial charge >= 0.3 is 5.97 Å². The van der Waals surface area contributed by atoms with Gasteiger partial charge in [0.15, 0.2) is 0 Å². The smallest absolute Gasteiger partial charge is 0.341 e. The fourth-order valence-corrected chi connectivity index (χ4v) is 0.904. The summed E-state index contributed by atoms with van der Waals surface area (Å²) < 4.78 is 17.1. The molecule has 0 saturated heterocycles. The Kier molecular flexibility index (Phi) is 2.79. The van der Waals surface area contributed by atoms with Crippen LogP contribution in [-0.4, -0.2) is 25.1 Å². The predicted octanol–water partition coefficient (Wildman–Crippen LogP) is 1.05. The van der Waals surface area contributed by atoms with Gasteiger partial charge in [-0.1, -0.05) is 0 Å². The largest absolute Gasteiger partial charge is 0.465 e. The number of halogens is 1. The molecule has 0 aliphatic rings. The van der Waals surface area contributed by atoms with Crippen molar-refractivity contribution in [2.75, 3.05) is 19.5 Å². The first-order chi connectivity index (χ1) is 6.19. The summed E-state index contributed by atoms with van der Waals surface area (Å²) in [4.78, 5) is 14.8. The molecule has 0 fully saturated rings. The van der Waals surface area contributed by atoms with Gasteiger partial charge in [0.05, 0.1) is 13.3 Å². The summed E-state index contributed by atoms with van der Waals surface area (Å²) in [6.07, 6.45) is 1.03. The molecule has 0 amide bonds. The van der Waals surface area contributed by atoms with Crippen LogP contribution in [0, 0.1) is 5.82 Å². The van der Waals surface area contributed by atoms with Gasteiger partial charge in [-0.2, -0.15) is 0 Å². The SMILES string of the molecule is CNc1ncc(F)cc1C(=O)OC. The molecule has 0 radical (unpaired) electrons.